The molecule has 4 aromatic rings. The van der Waals surface area contributed by atoms with Crippen LogP contribution in [0, 0.1) is 19.7 Å². The van der Waals surface area contributed by atoms with E-state index >= 15 is 0 Å². The number of anilines is 2. The molecule has 0 amide bonds. The second-order valence-corrected chi connectivity index (χ2v) is 6.06. The zero-order chi connectivity index (χ0) is 17.4. The van der Waals surface area contributed by atoms with E-state index in [-0.39, 0.29) is 5.82 Å². The first kappa shape index (κ1) is 15.3. The molecule has 5 heteroatoms. The summed E-state index contributed by atoms with van der Waals surface area (Å²) in [6.45, 7) is 4.12. The predicted molar refractivity (Wildman–Crippen MR) is 97.6 cm³/mol. The molecule has 0 aliphatic rings. The van der Waals surface area contributed by atoms with Crippen LogP contribution >= 0.6 is 0 Å². The zero-order valence-corrected chi connectivity index (χ0v) is 14.0. The fraction of sp³-hybridized carbons (Fsp3) is 0.100. The van der Waals surface area contributed by atoms with Crippen molar-refractivity contribution in [3.8, 4) is 11.3 Å². The van der Waals surface area contributed by atoms with Gasteiger partial charge in [-0.05, 0) is 49.2 Å². The Bertz CT molecular complexity index is 1030. The third kappa shape index (κ3) is 2.85. The van der Waals surface area contributed by atoms with Gasteiger partial charge < -0.3 is 9.72 Å². The van der Waals surface area contributed by atoms with Crippen LogP contribution in [0.25, 0.3) is 16.8 Å². The number of nitrogens with one attached hydrogen (secondary N) is 1. The molecule has 0 bridgehead atoms. The number of aryl methyl sites for hydroxylation is 2. The molecule has 2 aromatic carbocycles. The van der Waals surface area contributed by atoms with Crippen LogP contribution in [0.5, 0.6) is 0 Å². The first-order chi connectivity index (χ1) is 12.1. The van der Waals surface area contributed by atoms with E-state index in [1.165, 1.54) is 12.1 Å². The van der Waals surface area contributed by atoms with Gasteiger partial charge in [0.1, 0.15) is 11.3 Å². The Balaban J connectivity index is 1.85. The van der Waals surface area contributed by atoms with Gasteiger partial charge in [0.05, 0.1) is 18.2 Å². The SMILES string of the molecule is Cc1cccc(C)c1Nc1nc(-c2ccc(F)cc2)cn2cncc12. The Morgan fingerprint density at radius 1 is 1.00 bits per heavy atom. The minimum absolute atomic E-state index is 0.263. The summed E-state index contributed by atoms with van der Waals surface area (Å²) in [6.07, 6.45) is 5.41. The van der Waals surface area contributed by atoms with Gasteiger partial charge in [-0.15, -0.1) is 0 Å². The van der Waals surface area contributed by atoms with Crippen molar-refractivity contribution in [1.29, 1.82) is 0 Å². The number of para-hydroxylation sites is 1. The van der Waals surface area contributed by atoms with E-state index < -0.39 is 0 Å². The van der Waals surface area contributed by atoms with E-state index in [0.29, 0.717) is 0 Å². The highest BCUT2D eigenvalue weighted by atomic mass is 19.1. The van der Waals surface area contributed by atoms with E-state index in [4.69, 9.17) is 4.98 Å². The number of hydrogen-bond donors (Lipinski definition) is 1. The molecule has 0 aliphatic heterocycles. The van der Waals surface area contributed by atoms with Gasteiger partial charge in [0.2, 0.25) is 0 Å². The molecule has 2 aromatic heterocycles. The standard InChI is InChI=1S/C20H17FN4/c1-13-4-3-5-14(2)19(13)24-20-18-10-22-12-25(18)11-17(23-20)15-6-8-16(21)9-7-15/h3-12H,1-2H3,(H,23,24). The molecule has 0 radical (unpaired) electrons. The maximum atomic E-state index is 13.2. The van der Waals surface area contributed by atoms with E-state index in [0.717, 1.165) is 39.4 Å². The monoisotopic (exact) mass is 332 g/mol. The third-order valence-corrected chi connectivity index (χ3v) is 4.27. The molecule has 1 N–H and O–H groups in total. The van der Waals surface area contributed by atoms with E-state index in [1.54, 1.807) is 24.7 Å². The van der Waals surface area contributed by atoms with Crippen molar-refractivity contribution in [3.05, 3.63) is 78.1 Å². The molecule has 0 aliphatic carbocycles. The van der Waals surface area contributed by atoms with Crippen molar-refractivity contribution in [2.24, 2.45) is 0 Å². The van der Waals surface area contributed by atoms with E-state index in [9.17, 15) is 4.39 Å². The number of imidazole rings is 1. The summed E-state index contributed by atoms with van der Waals surface area (Å²) in [5.74, 6) is 0.457. The summed E-state index contributed by atoms with van der Waals surface area (Å²) >= 11 is 0. The smallest absolute Gasteiger partial charge is 0.157 e. The Morgan fingerprint density at radius 2 is 1.72 bits per heavy atom. The Labute approximate surface area is 145 Å². The Kier molecular flexibility index (Phi) is 3.69. The fourth-order valence-electron chi connectivity index (χ4n) is 2.91. The number of fused-ring (bicyclic) bond motifs is 1. The van der Waals surface area contributed by atoms with E-state index in [2.05, 4.69) is 36.3 Å². The summed E-state index contributed by atoms with van der Waals surface area (Å²) < 4.78 is 15.1. The third-order valence-electron chi connectivity index (χ3n) is 4.27. The summed E-state index contributed by atoms with van der Waals surface area (Å²) in [6, 6.07) is 12.5. The number of nitrogens with zero attached hydrogens (tertiary/aromatic N) is 3. The fourth-order valence-corrected chi connectivity index (χ4v) is 2.91. The molecular formula is C20H17FN4. The highest BCUT2D eigenvalue weighted by molar-refractivity contribution is 5.77. The molecule has 0 saturated heterocycles. The maximum Gasteiger partial charge on any atom is 0.157 e. The topological polar surface area (TPSA) is 42.2 Å². The molecule has 0 unspecified atom stereocenters. The average molecular weight is 332 g/mol. The van der Waals surface area contributed by atoms with Gasteiger partial charge in [-0.25, -0.2) is 14.4 Å². The minimum atomic E-state index is -0.263. The lowest BCUT2D eigenvalue weighted by Crippen LogP contribution is -2.02. The van der Waals surface area contributed by atoms with Crippen LogP contribution in [-0.2, 0) is 0 Å². The van der Waals surface area contributed by atoms with Gasteiger partial charge in [-0.3, -0.25) is 0 Å². The Morgan fingerprint density at radius 3 is 2.44 bits per heavy atom. The molecule has 0 saturated carbocycles. The lowest BCUT2D eigenvalue weighted by molar-refractivity contribution is 0.628. The van der Waals surface area contributed by atoms with E-state index in [1.807, 2.05) is 16.7 Å². The molecule has 124 valence electrons. The van der Waals surface area contributed by atoms with Gasteiger partial charge >= 0.3 is 0 Å². The summed E-state index contributed by atoms with van der Waals surface area (Å²) in [7, 11) is 0. The van der Waals surface area contributed by atoms with Crippen LogP contribution in [0.1, 0.15) is 11.1 Å². The van der Waals surface area contributed by atoms with Crippen molar-refractivity contribution >= 4 is 17.0 Å². The largest absolute Gasteiger partial charge is 0.338 e. The molecule has 0 atom stereocenters. The normalized spacial score (nSPS) is 11.0. The molecule has 25 heavy (non-hydrogen) atoms. The van der Waals surface area contributed by atoms with Gasteiger partial charge in [-0.2, -0.15) is 0 Å². The maximum absolute atomic E-state index is 13.2. The van der Waals surface area contributed by atoms with Crippen molar-refractivity contribution in [2.75, 3.05) is 5.32 Å². The van der Waals surface area contributed by atoms with Gasteiger partial charge in [-0.1, -0.05) is 18.2 Å². The first-order valence-electron chi connectivity index (χ1n) is 8.04. The summed E-state index contributed by atoms with van der Waals surface area (Å²) in [4.78, 5) is 8.98. The first-order valence-corrected chi connectivity index (χ1v) is 8.04. The second kappa shape index (κ2) is 6.02. The van der Waals surface area contributed by atoms with Crippen molar-refractivity contribution in [2.45, 2.75) is 13.8 Å². The summed E-state index contributed by atoms with van der Waals surface area (Å²) in [5.41, 5.74) is 5.81. The number of benzene rings is 2. The number of rotatable bonds is 3. The molecule has 4 nitrogen and oxygen atoms in total. The summed E-state index contributed by atoms with van der Waals surface area (Å²) in [5, 5.41) is 3.45. The molecule has 0 fully saturated rings. The quantitative estimate of drug-likeness (QED) is 0.580. The molecule has 4 rings (SSSR count). The van der Waals surface area contributed by atoms with Crippen molar-refractivity contribution in [1.82, 2.24) is 14.4 Å². The van der Waals surface area contributed by atoms with Crippen LogP contribution in [0.2, 0.25) is 0 Å². The number of aromatic nitrogens is 3. The van der Waals surface area contributed by atoms with Crippen LogP contribution in [0.3, 0.4) is 0 Å². The van der Waals surface area contributed by atoms with Gasteiger partial charge in [0.25, 0.3) is 0 Å². The predicted octanol–water partition coefficient (Wildman–Crippen LogP) is 4.90. The highest BCUT2D eigenvalue weighted by Gasteiger charge is 2.11. The van der Waals surface area contributed by atoms with Crippen molar-refractivity contribution < 1.29 is 4.39 Å². The lowest BCUT2D eigenvalue weighted by Gasteiger charge is -2.14. The molecule has 2 heterocycles. The molecular weight excluding hydrogens is 315 g/mol. The average Bonchev–Trinajstić information content (AvgIpc) is 3.07. The van der Waals surface area contributed by atoms with Gasteiger partial charge in [0, 0.05) is 17.4 Å². The molecule has 0 spiro atoms. The van der Waals surface area contributed by atoms with Crippen LogP contribution in [0.4, 0.5) is 15.9 Å². The Hall–Kier alpha value is -3.21. The van der Waals surface area contributed by atoms with Gasteiger partial charge in [0.15, 0.2) is 5.82 Å². The lowest BCUT2D eigenvalue weighted by atomic mass is 10.1. The second-order valence-electron chi connectivity index (χ2n) is 6.06. The van der Waals surface area contributed by atoms with Crippen LogP contribution in [-0.4, -0.2) is 14.4 Å². The van der Waals surface area contributed by atoms with Crippen LogP contribution in [0.15, 0.2) is 61.2 Å². The van der Waals surface area contributed by atoms with Crippen molar-refractivity contribution in [3.63, 3.8) is 0 Å². The minimum Gasteiger partial charge on any atom is -0.338 e. The zero-order valence-electron chi connectivity index (χ0n) is 14.0. The highest BCUT2D eigenvalue weighted by Crippen LogP contribution is 2.28. The van der Waals surface area contributed by atoms with Crippen LogP contribution < -0.4 is 5.32 Å². The number of halogens is 1. The number of hydrogen-bond acceptors (Lipinski definition) is 3.